The Kier molecular flexibility index (Phi) is 5.93. The van der Waals surface area contributed by atoms with E-state index < -0.39 is 0 Å². The molecule has 17 heavy (non-hydrogen) atoms. The molecule has 1 N–H and O–H groups in total. The van der Waals surface area contributed by atoms with Gasteiger partial charge in [-0.25, -0.2) is 0 Å². The third-order valence-electron chi connectivity index (χ3n) is 1.79. The van der Waals surface area contributed by atoms with E-state index in [-0.39, 0.29) is 17.4 Å². The van der Waals surface area contributed by atoms with Gasteiger partial charge < -0.3 is 14.8 Å². The Labute approximate surface area is 106 Å². The summed E-state index contributed by atoms with van der Waals surface area (Å²) in [6.07, 6.45) is -0.136. The van der Waals surface area contributed by atoms with Crippen LogP contribution in [0.1, 0.15) is 20.8 Å². The lowest BCUT2D eigenvalue weighted by Gasteiger charge is -2.13. The Bertz CT molecular complexity index is 351. The molecule has 1 aromatic rings. The van der Waals surface area contributed by atoms with Crippen LogP contribution in [-0.2, 0) is 4.74 Å². The first-order chi connectivity index (χ1) is 8.15. The van der Waals surface area contributed by atoms with E-state index in [9.17, 15) is 0 Å². The van der Waals surface area contributed by atoms with Crippen LogP contribution < -0.4 is 10.1 Å². The molecule has 1 heterocycles. The summed E-state index contributed by atoms with van der Waals surface area (Å²) >= 11 is 5.76. The second-order valence-corrected chi connectivity index (χ2v) is 3.67. The van der Waals surface area contributed by atoms with Crippen molar-refractivity contribution < 1.29 is 9.47 Å². The lowest BCUT2D eigenvalue weighted by Crippen LogP contribution is -2.20. The van der Waals surface area contributed by atoms with Crippen LogP contribution in [0.3, 0.4) is 0 Å². The maximum absolute atomic E-state index is 5.76. The fraction of sp³-hybridized carbons (Fsp3) is 0.700. The summed E-state index contributed by atoms with van der Waals surface area (Å²) in [5.74, 6) is 0.408. The van der Waals surface area contributed by atoms with Crippen molar-refractivity contribution in [1.29, 1.82) is 0 Å². The number of anilines is 1. The van der Waals surface area contributed by atoms with Crippen molar-refractivity contribution in [3.05, 3.63) is 5.28 Å². The van der Waals surface area contributed by atoms with E-state index in [1.54, 1.807) is 0 Å². The molecule has 0 amide bonds. The van der Waals surface area contributed by atoms with E-state index >= 15 is 0 Å². The number of halogens is 1. The van der Waals surface area contributed by atoms with Gasteiger partial charge in [-0.2, -0.15) is 15.0 Å². The number of ether oxygens (including phenoxy) is 2. The molecule has 0 bridgehead atoms. The molecule has 0 aliphatic heterocycles. The highest BCUT2D eigenvalue weighted by atomic mass is 35.5. The molecule has 1 aromatic heterocycles. The van der Waals surface area contributed by atoms with Gasteiger partial charge in [-0.05, 0) is 32.4 Å². The summed E-state index contributed by atoms with van der Waals surface area (Å²) in [6.45, 7) is 7.57. The Morgan fingerprint density at radius 2 is 2.06 bits per heavy atom. The molecular weight excluding hydrogens is 244 g/mol. The molecule has 96 valence electrons. The highest BCUT2D eigenvalue weighted by Gasteiger charge is 2.09. The Hall–Kier alpha value is -1.14. The van der Waals surface area contributed by atoms with Crippen LogP contribution in [0.5, 0.6) is 6.01 Å². The van der Waals surface area contributed by atoms with Crippen molar-refractivity contribution in [1.82, 2.24) is 15.0 Å². The van der Waals surface area contributed by atoms with Crippen LogP contribution in [-0.4, -0.2) is 40.8 Å². The highest BCUT2D eigenvalue weighted by Crippen LogP contribution is 2.12. The number of hydrogen-bond acceptors (Lipinski definition) is 6. The minimum Gasteiger partial charge on any atom is -0.458 e. The monoisotopic (exact) mass is 260 g/mol. The van der Waals surface area contributed by atoms with E-state index in [1.807, 2.05) is 20.8 Å². The standard InChI is InChI=1S/C10H17ClN4O2/c1-4-12-9-13-8(11)14-10(15-9)17-7(3)6-16-5-2/h7H,4-6H2,1-3H3,(H,12,13,14,15). The molecule has 7 heteroatoms. The lowest BCUT2D eigenvalue weighted by atomic mass is 10.4. The van der Waals surface area contributed by atoms with E-state index in [2.05, 4.69) is 20.3 Å². The first-order valence-electron chi connectivity index (χ1n) is 5.55. The van der Waals surface area contributed by atoms with Gasteiger partial charge in [0.1, 0.15) is 6.10 Å². The molecule has 0 aliphatic carbocycles. The Morgan fingerprint density at radius 1 is 1.29 bits per heavy atom. The van der Waals surface area contributed by atoms with Crippen LogP contribution in [0, 0.1) is 0 Å². The predicted octanol–water partition coefficient (Wildman–Crippen LogP) is 1.76. The number of nitrogens with one attached hydrogen (secondary N) is 1. The summed E-state index contributed by atoms with van der Waals surface area (Å²) in [6, 6.07) is 0.202. The quantitative estimate of drug-likeness (QED) is 0.806. The third kappa shape index (κ3) is 5.14. The molecule has 0 aromatic carbocycles. The summed E-state index contributed by atoms with van der Waals surface area (Å²) in [5, 5.41) is 3.05. The van der Waals surface area contributed by atoms with Crippen LogP contribution in [0.4, 0.5) is 5.95 Å². The van der Waals surface area contributed by atoms with Crippen LogP contribution >= 0.6 is 11.6 Å². The zero-order valence-electron chi connectivity index (χ0n) is 10.2. The molecule has 0 radical (unpaired) electrons. The van der Waals surface area contributed by atoms with E-state index in [0.717, 1.165) is 0 Å². The number of nitrogens with zero attached hydrogens (tertiary/aromatic N) is 3. The zero-order valence-corrected chi connectivity index (χ0v) is 11.0. The van der Waals surface area contributed by atoms with Gasteiger partial charge in [0, 0.05) is 13.2 Å². The van der Waals surface area contributed by atoms with Gasteiger partial charge in [0.25, 0.3) is 0 Å². The van der Waals surface area contributed by atoms with Crippen LogP contribution in [0.25, 0.3) is 0 Å². The Morgan fingerprint density at radius 3 is 2.71 bits per heavy atom. The molecular formula is C10H17ClN4O2. The minimum absolute atomic E-state index is 0.106. The molecule has 0 saturated carbocycles. The van der Waals surface area contributed by atoms with Gasteiger partial charge in [-0.1, -0.05) is 0 Å². The molecule has 0 saturated heterocycles. The molecule has 0 aliphatic rings. The predicted molar refractivity (Wildman–Crippen MR) is 65.6 cm³/mol. The van der Waals surface area contributed by atoms with Gasteiger partial charge in [-0.15, -0.1) is 0 Å². The molecule has 1 atom stereocenters. The van der Waals surface area contributed by atoms with Crippen molar-refractivity contribution in [3.8, 4) is 6.01 Å². The van der Waals surface area contributed by atoms with Crippen molar-refractivity contribution in [2.24, 2.45) is 0 Å². The minimum atomic E-state index is -0.136. The maximum atomic E-state index is 5.76. The smallest absolute Gasteiger partial charge is 0.322 e. The number of rotatable bonds is 7. The summed E-state index contributed by atoms with van der Waals surface area (Å²) in [4.78, 5) is 11.9. The summed E-state index contributed by atoms with van der Waals surface area (Å²) in [7, 11) is 0. The van der Waals surface area contributed by atoms with Crippen molar-refractivity contribution in [2.75, 3.05) is 25.1 Å². The first-order valence-corrected chi connectivity index (χ1v) is 5.93. The lowest BCUT2D eigenvalue weighted by molar-refractivity contribution is 0.0607. The first kappa shape index (κ1) is 13.9. The van der Waals surface area contributed by atoms with Crippen LogP contribution in [0.2, 0.25) is 5.28 Å². The average Bonchev–Trinajstić information content (AvgIpc) is 2.26. The van der Waals surface area contributed by atoms with E-state index in [1.165, 1.54) is 0 Å². The van der Waals surface area contributed by atoms with E-state index in [4.69, 9.17) is 21.1 Å². The second kappa shape index (κ2) is 7.24. The number of hydrogen-bond donors (Lipinski definition) is 1. The van der Waals surface area contributed by atoms with Crippen molar-refractivity contribution >= 4 is 17.5 Å². The van der Waals surface area contributed by atoms with Gasteiger partial charge in [0.15, 0.2) is 0 Å². The summed E-state index contributed by atoms with van der Waals surface area (Å²) < 4.78 is 10.7. The topological polar surface area (TPSA) is 69.2 Å². The largest absolute Gasteiger partial charge is 0.458 e. The average molecular weight is 261 g/mol. The van der Waals surface area contributed by atoms with E-state index in [0.29, 0.717) is 25.7 Å². The van der Waals surface area contributed by atoms with Gasteiger partial charge in [0.2, 0.25) is 11.2 Å². The zero-order chi connectivity index (χ0) is 12.7. The third-order valence-corrected chi connectivity index (χ3v) is 1.95. The normalized spacial score (nSPS) is 12.2. The van der Waals surface area contributed by atoms with Gasteiger partial charge in [0.05, 0.1) is 6.61 Å². The molecule has 0 fully saturated rings. The fourth-order valence-electron chi connectivity index (χ4n) is 1.12. The van der Waals surface area contributed by atoms with Crippen LogP contribution in [0.15, 0.2) is 0 Å². The summed E-state index contributed by atoms with van der Waals surface area (Å²) in [5.41, 5.74) is 0. The Balaban J connectivity index is 2.63. The van der Waals surface area contributed by atoms with Gasteiger partial charge in [-0.3, -0.25) is 0 Å². The maximum Gasteiger partial charge on any atom is 0.322 e. The van der Waals surface area contributed by atoms with Crippen molar-refractivity contribution in [2.45, 2.75) is 26.9 Å². The van der Waals surface area contributed by atoms with Crippen molar-refractivity contribution in [3.63, 3.8) is 0 Å². The molecule has 1 rings (SSSR count). The second-order valence-electron chi connectivity index (χ2n) is 3.33. The highest BCUT2D eigenvalue weighted by molar-refractivity contribution is 6.28. The SMILES string of the molecule is CCNc1nc(Cl)nc(OC(C)COCC)n1. The fourth-order valence-corrected chi connectivity index (χ4v) is 1.27. The molecule has 0 spiro atoms. The van der Waals surface area contributed by atoms with Gasteiger partial charge >= 0.3 is 6.01 Å². The number of aromatic nitrogens is 3. The molecule has 6 nitrogen and oxygen atoms in total. The molecule has 1 unspecified atom stereocenters.